The smallest absolute Gasteiger partial charge is 0.233 e. The Labute approximate surface area is 181 Å². The molecular formula is C20H28N4O4S2. The molecule has 30 heavy (non-hydrogen) atoms. The molecule has 1 aliphatic heterocycles. The van der Waals surface area contributed by atoms with Crippen molar-refractivity contribution in [3.05, 3.63) is 24.3 Å². The molecule has 1 aromatic heterocycles. The average molecular weight is 453 g/mol. The Morgan fingerprint density at radius 3 is 2.63 bits per heavy atom. The second-order valence-electron chi connectivity index (χ2n) is 7.39. The number of methoxy groups -OCH3 is 1. The van der Waals surface area contributed by atoms with Gasteiger partial charge in [-0.15, -0.1) is 10.2 Å². The fraction of sp³-hybridized carbons (Fsp3) is 0.550. The molecule has 1 amide bonds. The highest BCUT2D eigenvalue weighted by atomic mass is 32.2. The van der Waals surface area contributed by atoms with E-state index in [1.165, 1.54) is 11.8 Å². The Morgan fingerprint density at radius 2 is 2.03 bits per heavy atom. The maximum atomic E-state index is 12.6. The van der Waals surface area contributed by atoms with E-state index < -0.39 is 9.84 Å². The first-order chi connectivity index (χ1) is 14.3. The number of carbonyl (C=O) groups excluding carboxylic acids is 1. The molecular weight excluding hydrogens is 424 g/mol. The van der Waals surface area contributed by atoms with Crippen molar-refractivity contribution in [2.45, 2.75) is 43.9 Å². The second-order valence-corrected chi connectivity index (χ2v) is 10.6. The van der Waals surface area contributed by atoms with Crippen LogP contribution in [0.5, 0.6) is 5.75 Å². The van der Waals surface area contributed by atoms with E-state index in [1.807, 2.05) is 28.8 Å². The van der Waals surface area contributed by atoms with Gasteiger partial charge in [-0.3, -0.25) is 4.79 Å². The summed E-state index contributed by atoms with van der Waals surface area (Å²) in [6, 6.07) is 7.42. The van der Waals surface area contributed by atoms with Crippen molar-refractivity contribution < 1.29 is 17.9 Å². The molecule has 0 bridgehead atoms. The molecule has 0 saturated carbocycles. The van der Waals surface area contributed by atoms with Crippen molar-refractivity contribution in [2.24, 2.45) is 0 Å². The van der Waals surface area contributed by atoms with Gasteiger partial charge in [-0.05, 0) is 37.1 Å². The fourth-order valence-electron chi connectivity index (χ4n) is 3.38. The molecule has 3 rings (SSSR count). The molecule has 1 aromatic carbocycles. The number of hydrogen-bond donors (Lipinski definition) is 0. The van der Waals surface area contributed by atoms with Crippen LogP contribution in [0, 0.1) is 0 Å². The lowest BCUT2D eigenvalue weighted by atomic mass is 10.2. The first-order valence-electron chi connectivity index (χ1n) is 10.0. The molecule has 1 saturated heterocycles. The predicted molar refractivity (Wildman–Crippen MR) is 117 cm³/mol. The Morgan fingerprint density at radius 1 is 1.30 bits per heavy atom. The topological polar surface area (TPSA) is 94.4 Å². The maximum Gasteiger partial charge on any atom is 0.233 e. The van der Waals surface area contributed by atoms with Crippen LogP contribution in [-0.4, -0.2) is 71.4 Å². The first-order valence-corrected chi connectivity index (χ1v) is 12.8. The summed E-state index contributed by atoms with van der Waals surface area (Å²) in [5.41, 5.74) is 0.936. The minimum atomic E-state index is -3.03. The fourth-order valence-corrected chi connectivity index (χ4v) is 6.04. The van der Waals surface area contributed by atoms with E-state index in [4.69, 9.17) is 4.74 Å². The zero-order valence-corrected chi connectivity index (χ0v) is 19.2. The zero-order valence-electron chi connectivity index (χ0n) is 17.6. The molecule has 1 fully saturated rings. The summed E-state index contributed by atoms with van der Waals surface area (Å²) in [4.78, 5) is 14.2. The van der Waals surface area contributed by atoms with E-state index in [0.29, 0.717) is 11.6 Å². The number of sulfone groups is 1. The molecule has 8 nitrogen and oxygen atoms in total. The van der Waals surface area contributed by atoms with E-state index in [2.05, 4.69) is 17.1 Å². The quantitative estimate of drug-likeness (QED) is 0.540. The number of unbranched alkanes of at least 4 members (excludes halogenated alkanes) is 1. The predicted octanol–water partition coefficient (Wildman–Crippen LogP) is 2.49. The molecule has 0 aliphatic carbocycles. The van der Waals surface area contributed by atoms with Gasteiger partial charge in [0.2, 0.25) is 5.91 Å². The molecule has 0 spiro atoms. The van der Waals surface area contributed by atoms with E-state index >= 15 is 0 Å². The van der Waals surface area contributed by atoms with Crippen molar-refractivity contribution in [1.82, 2.24) is 19.7 Å². The van der Waals surface area contributed by atoms with Crippen molar-refractivity contribution in [1.29, 1.82) is 0 Å². The highest BCUT2D eigenvalue weighted by molar-refractivity contribution is 7.99. The van der Waals surface area contributed by atoms with Crippen LogP contribution in [0.3, 0.4) is 0 Å². The van der Waals surface area contributed by atoms with Crippen molar-refractivity contribution in [2.75, 3.05) is 31.4 Å². The number of carbonyl (C=O) groups is 1. The zero-order chi connectivity index (χ0) is 21.7. The Kier molecular flexibility index (Phi) is 7.41. The van der Waals surface area contributed by atoms with Gasteiger partial charge in [-0.2, -0.15) is 0 Å². The van der Waals surface area contributed by atoms with Crippen LogP contribution in [0.1, 0.15) is 26.2 Å². The average Bonchev–Trinajstić information content (AvgIpc) is 3.32. The number of benzene rings is 1. The van der Waals surface area contributed by atoms with Gasteiger partial charge in [-0.1, -0.05) is 25.1 Å². The summed E-state index contributed by atoms with van der Waals surface area (Å²) in [6.45, 7) is 2.89. The summed E-state index contributed by atoms with van der Waals surface area (Å²) in [5.74, 6) is 1.83. The summed E-state index contributed by atoms with van der Waals surface area (Å²) in [5, 5.41) is 9.37. The van der Waals surface area contributed by atoms with E-state index in [0.717, 1.165) is 36.5 Å². The number of hydrogen-bond acceptors (Lipinski definition) is 7. The summed E-state index contributed by atoms with van der Waals surface area (Å²) in [7, 11) is 0.280. The van der Waals surface area contributed by atoms with Gasteiger partial charge >= 0.3 is 0 Å². The summed E-state index contributed by atoms with van der Waals surface area (Å²) >= 11 is 1.34. The van der Waals surface area contributed by atoms with Crippen LogP contribution in [0.2, 0.25) is 0 Å². The van der Waals surface area contributed by atoms with Crippen LogP contribution in [-0.2, 0) is 21.2 Å². The Bertz CT molecular complexity index is 973. The normalized spacial score (nSPS) is 17.8. The van der Waals surface area contributed by atoms with Gasteiger partial charge in [0.25, 0.3) is 0 Å². The van der Waals surface area contributed by atoms with Gasteiger partial charge in [0, 0.05) is 25.2 Å². The Hall–Kier alpha value is -2.07. The Balaban J connectivity index is 1.71. The maximum absolute atomic E-state index is 12.6. The van der Waals surface area contributed by atoms with Crippen LogP contribution in [0.25, 0.3) is 11.4 Å². The molecule has 0 radical (unpaired) electrons. The largest absolute Gasteiger partial charge is 0.497 e. The van der Waals surface area contributed by atoms with Gasteiger partial charge in [0.05, 0.1) is 24.4 Å². The van der Waals surface area contributed by atoms with E-state index in [1.54, 1.807) is 19.1 Å². The molecule has 1 aliphatic rings. The van der Waals surface area contributed by atoms with Crippen molar-refractivity contribution in [3.8, 4) is 17.1 Å². The van der Waals surface area contributed by atoms with Gasteiger partial charge in [0.15, 0.2) is 20.8 Å². The number of rotatable bonds is 9. The highest BCUT2D eigenvalue weighted by Crippen LogP contribution is 2.27. The van der Waals surface area contributed by atoms with Gasteiger partial charge in [0.1, 0.15) is 5.75 Å². The van der Waals surface area contributed by atoms with Crippen molar-refractivity contribution in [3.63, 3.8) is 0 Å². The number of thioether (sulfide) groups is 1. The minimum absolute atomic E-state index is 0.0498. The first kappa shape index (κ1) is 22.6. The minimum Gasteiger partial charge on any atom is -0.497 e. The number of aromatic nitrogens is 3. The van der Waals surface area contributed by atoms with Crippen LogP contribution in [0.15, 0.2) is 29.4 Å². The molecule has 2 heterocycles. The standard InChI is InChI=1S/C20H28N4O4S2/c1-4-5-11-24-19(15-6-8-17(28-3)9-7-15)21-22-20(24)29-13-18(25)23(2)16-10-12-30(26,27)14-16/h6-9,16H,4-5,10-14H2,1-3H3. The number of amides is 1. The molecule has 164 valence electrons. The number of ether oxygens (including phenoxy) is 1. The summed E-state index contributed by atoms with van der Waals surface area (Å²) < 4.78 is 30.7. The SMILES string of the molecule is CCCCn1c(SCC(=O)N(C)C2CCS(=O)(=O)C2)nnc1-c1ccc(OC)cc1. The molecule has 1 atom stereocenters. The lowest BCUT2D eigenvalue weighted by Crippen LogP contribution is -2.38. The second kappa shape index (κ2) is 9.82. The third-order valence-corrected chi connectivity index (χ3v) is 7.98. The van der Waals surface area contributed by atoms with Crippen LogP contribution >= 0.6 is 11.8 Å². The van der Waals surface area contributed by atoms with Gasteiger partial charge in [-0.25, -0.2) is 8.42 Å². The van der Waals surface area contributed by atoms with Gasteiger partial charge < -0.3 is 14.2 Å². The summed E-state index contributed by atoms with van der Waals surface area (Å²) in [6.07, 6.45) is 2.51. The third-order valence-electron chi connectivity index (χ3n) is 5.27. The number of nitrogens with zero attached hydrogens (tertiary/aromatic N) is 4. The van der Waals surface area contributed by atoms with Crippen molar-refractivity contribution >= 4 is 27.5 Å². The highest BCUT2D eigenvalue weighted by Gasteiger charge is 2.32. The van der Waals surface area contributed by atoms with Crippen LogP contribution < -0.4 is 4.74 Å². The lowest BCUT2D eigenvalue weighted by Gasteiger charge is -2.23. The molecule has 1 unspecified atom stereocenters. The third kappa shape index (κ3) is 5.34. The van der Waals surface area contributed by atoms with E-state index in [9.17, 15) is 13.2 Å². The monoisotopic (exact) mass is 452 g/mol. The molecule has 10 heteroatoms. The lowest BCUT2D eigenvalue weighted by molar-refractivity contribution is -0.128. The molecule has 2 aromatic rings. The van der Waals surface area contributed by atoms with Crippen LogP contribution in [0.4, 0.5) is 0 Å². The molecule has 0 N–H and O–H groups in total. The van der Waals surface area contributed by atoms with E-state index in [-0.39, 0.29) is 29.2 Å².